The molecule has 1 aromatic heterocycles. The predicted octanol–water partition coefficient (Wildman–Crippen LogP) is 5.01. The van der Waals surface area contributed by atoms with Crippen molar-refractivity contribution in [2.24, 2.45) is 0 Å². The van der Waals surface area contributed by atoms with Gasteiger partial charge >= 0.3 is 6.61 Å². The monoisotopic (exact) mass is 297 g/mol. The maximum Gasteiger partial charge on any atom is 0.387 e. The standard InChI is InChI=1S/C18H13F2NO/c19-18(20)22-17-8-4-2-6-14(17)10-12-15-11-9-13-5-1-3-7-16(13)21-15/h1-12,18H. The van der Waals surface area contributed by atoms with Crippen molar-refractivity contribution in [2.45, 2.75) is 6.61 Å². The average Bonchev–Trinajstić information content (AvgIpc) is 2.53. The zero-order valence-corrected chi connectivity index (χ0v) is 11.6. The van der Waals surface area contributed by atoms with E-state index >= 15 is 0 Å². The minimum absolute atomic E-state index is 0.148. The number of nitrogens with zero attached hydrogens (tertiary/aromatic N) is 1. The lowest BCUT2D eigenvalue weighted by atomic mass is 10.1. The molecule has 1 heterocycles. The molecule has 22 heavy (non-hydrogen) atoms. The van der Waals surface area contributed by atoms with Gasteiger partial charge in [0.2, 0.25) is 0 Å². The Labute approximate surface area is 126 Å². The Morgan fingerprint density at radius 1 is 0.864 bits per heavy atom. The summed E-state index contributed by atoms with van der Waals surface area (Å²) >= 11 is 0. The van der Waals surface area contributed by atoms with E-state index in [1.54, 1.807) is 30.4 Å². The molecule has 3 rings (SSSR count). The van der Waals surface area contributed by atoms with E-state index in [1.165, 1.54) is 6.07 Å². The second-order valence-electron chi connectivity index (χ2n) is 4.68. The summed E-state index contributed by atoms with van der Waals surface area (Å²) in [6, 6.07) is 18.3. The molecule has 110 valence electrons. The van der Waals surface area contributed by atoms with E-state index in [-0.39, 0.29) is 5.75 Å². The zero-order valence-electron chi connectivity index (χ0n) is 11.6. The van der Waals surface area contributed by atoms with E-state index in [0.717, 1.165) is 16.6 Å². The first-order valence-electron chi connectivity index (χ1n) is 6.80. The van der Waals surface area contributed by atoms with E-state index in [2.05, 4.69) is 9.72 Å². The number of halogens is 2. The van der Waals surface area contributed by atoms with Crippen LogP contribution in [-0.4, -0.2) is 11.6 Å². The van der Waals surface area contributed by atoms with Gasteiger partial charge in [0.05, 0.1) is 11.2 Å². The largest absolute Gasteiger partial charge is 0.434 e. The second-order valence-corrected chi connectivity index (χ2v) is 4.68. The van der Waals surface area contributed by atoms with Crippen LogP contribution in [0.4, 0.5) is 8.78 Å². The first-order chi connectivity index (χ1) is 10.7. The number of pyridine rings is 1. The summed E-state index contributed by atoms with van der Waals surface area (Å²) in [5.41, 5.74) is 2.23. The molecule has 0 amide bonds. The van der Waals surface area contributed by atoms with Gasteiger partial charge in [-0.1, -0.05) is 42.5 Å². The smallest absolute Gasteiger partial charge is 0.387 e. The Hall–Kier alpha value is -2.75. The Morgan fingerprint density at radius 2 is 1.64 bits per heavy atom. The lowest BCUT2D eigenvalue weighted by molar-refractivity contribution is -0.0499. The van der Waals surface area contributed by atoms with Crippen LogP contribution in [0.1, 0.15) is 11.3 Å². The van der Waals surface area contributed by atoms with Gasteiger partial charge in [-0.15, -0.1) is 0 Å². The van der Waals surface area contributed by atoms with Gasteiger partial charge in [-0.25, -0.2) is 4.98 Å². The lowest BCUT2D eigenvalue weighted by Gasteiger charge is -2.07. The molecule has 0 radical (unpaired) electrons. The minimum atomic E-state index is -2.84. The summed E-state index contributed by atoms with van der Waals surface area (Å²) in [4.78, 5) is 4.51. The van der Waals surface area contributed by atoms with Crippen molar-refractivity contribution in [3.63, 3.8) is 0 Å². The molecule has 0 aliphatic carbocycles. The third-order valence-corrected chi connectivity index (χ3v) is 3.19. The van der Waals surface area contributed by atoms with Gasteiger partial charge in [0, 0.05) is 10.9 Å². The topological polar surface area (TPSA) is 22.1 Å². The molecule has 0 aliphatic rings. The molecular weight excluding hydrogens is 284 g/mol. The van der Waals surface area contributed by atoms with Crippen LogP contribution in [0.2, 0.25) is 0 Å². The van der Waals surface area contributed by atoms with Crippen LogP contribution < -0.4 is 4.74 Å². The highest BCUT2D eigenvalue weighted by Gasteiger charge is 2.06. The molecule has 0 saturated heterocycles. The SMILES string of the molecule is FC(F)Oc1ccccc1C=Cc1ccc2ccccc2n1. The quantitative estimate of drug-likeness (QED) is 0.675. The van der Waals surface area contributed by atoms with Gasteiger partial charge in [-0.05, 0) is 30.4 Å². The van der Waals surface area contributed by atoms with E-state index < -0.39 is 6.61 Å². The highest BCUT2D eigenvalue weighted by molar-refractivity contribution is 5.81. The van der Waals surface area contributed by atoms with Crippen LogP contribution in [0, 0.1) is 0 Å². The maximum absolute atomic E-state index is 12.4. The molecule has 0 atom stereocenters. The number of aromatic nitrogens is 1. The second kappa shape index (κ2) is 6.35. The zero-order chi connectivity index (χ0) is 15.4. The minimum Gasteiger partial charge on any atom is -0.434 e. The normalized spacial score (nSPS) is 11.4. The van der Waals surface area contributed by atoms with Gasteiger partial charge in [0.1, 0.15) is 5.75 Å². The van der Waals surface area contributed by atoms with Crippen LogP contribution in [0.3, 0.4) is 0 Å². The van der Waals surface area contributed by atoms with Crippen LogP contribution in [0.15, 0.2) is 60.7 Å². The summed E-state index contributed by atoms with van der Waals surface area (Å²) in [5.74, 6) is 0.148. The molecule has 0 aliphatic heterocycles. The molecule has 3 aromatic rings. The van der Waals surface area contributed by atoms with E-state index in [9.17, 15) is 8.78 Å². The molecule has 0 fully saturated rings. The van der Waals surface area contributed by atoms with E-state index in [1.807, 2.05) is 36.4 Å². The van der Waals surface area contributed by atoms with E-state index in [4.69, 9.17) is 0 Å². The molecule has 0 N–H and O–H groups in total. The molecule has 0 spiro atoms. The number of alkyl halides is 2. The molecule has 0 bridgehead atoms. The van der Waals surface area contributed by atoms with Crippen LogP contribution in [0.5, 0.6) is 5.75 Å². The van der Waals surface area contributed by atoms with Crippen LogP contribution in [0.25, 0.3) is 23.1 Å². The fourth-order valence-corrected chi connectivity index (χ4v) is 2.17. The van der Waals surface area contributed by atoms with Crippen molar-refractivity contribution in [2.75, 3.05) is 0 Å². The van der Waals surface area contributed by atoms with Crippen LogP contribution in [-0.2, 0) is 0 Å². The summed E-state index contributed by atoms with van der Waals surface area (Å²) in [6.07, 6.45) is 3.49. The lowest BCUT2D eigenvalue weighted by Crippen LogP contribution is -2.02. The van der Waals surface area contributed by atoms with Gasteiger partial charge in [0.15, 0.2) is 0 Å². The summed E-state index contributed by atoms with van der Waals surface area (Å²) in [5, 5.41) is 1.06. The van der Waals surface area contributed by atoms with E-state index in [0.29, 0.717) is 5.56 Å². The first-order valence-corrected chi connectivity index (χ1v) is 6.80. The highest BCUT2D eigenvalue weighted by atomic mass is 19.3. The number of fused-ring (bicyclic) bond motifs is 1. The molecule has 0 unspecified atom stereocenters. The predicted molar refractivity (Wildman–Crippen MR) is 83.7 cm³/mol. The molecular formula is C18H13F2NO. The van der Waals surface area contributed by atoms with Gasteiger partial charge < -0.3 is 4.74 Å². The molecule has 2 nitrogen and oxygen atoms in total. The van der Waals surface area contributed by atoms with Gasteiger partial charge in [0.25, 0.3) is 0 Å². The van der Waals surface area contributed by atoms with Crippen molar-refractivity contribution in [3.8, 4) is 5.75 Å². The number of rotatable bonds is 4. The van der Waals surface area contributed by atoms with Crippen LogP contribution >= 0.6 is 0 Å². The summed E-state index contributed by atoms with van der Waals surface area (Å²) < 4.78 is 29.3. The van der Waals surface area contributed by atoms with Crippen molar-refractivity contribution in [3.05, 3.63) is 71.9 Å². The average molecular weight is 297 g/mol. The number of benzene rings is 2. The molecule has 4 heteroatoms. The number of hydrogen-bond donors (Lipinski definition) is 0. The number of hydrogen-bond acceptors (Lipinski definition) is 2. The fourth-order valence-electron chi connectivity index (χ4n) is 2.17. The summed E-state index contributed by atoms with van der Waals surface area (Å²) in [6.45, 7) is -2.84. The Balaban J connectivity index is 1.89. The molecule has 2 aromatic carbocycles. The van der Waals surface area contributed by atoms with Gasteiger partial charge in [-0.3, -0.25) is 0 Å². The Bertz CT molecular complexity index is 815. The summed E-state index contributed by atoms with van der Waals surface area (Å²) in [7, 11) is 0. The van der Waals surface area contributed by atoms with Crippen molar-refractivity contribution in [1.82, 2.24) is 4.98 Å². The van der Waals surface area contributed by atoms with Gasteiger partial charge in [-0.2, -0.15) is 8.78 Å². The number of para-hydroxylation sites is 2. The Kier molecular flexibility index (Phi) is 4.10. The Morgan fingerprint density at radius 3 is 2.50 bits per heavy atom. The number of ether oxygens (including phenoxy) is 1. The molecule has 0 saturated carbocycles. The highest BCUT2D eigenvalue weighted by Crippen LogP contribution is 2.22. The maximum atomic E-state index is 12.4. The first kappa shape index (κ1) is 14.2. The third-order valence-electron chi connectivity index (χ3n) is 3.19. The third kappa shape index (κ3) is 3.28. The van der Waals surface area contributed by atoms with Crippen molar-refractivity contribution < 1.29 is 13.5 Å². The van der Waals surface area contributed by atoms with Crippen molar-refractivity contribution in [1.29, 1.82) is 0 Å². The fraction of sp³-hybridized carbons (Fsp3) is 0.0556. The van der Waals surface area contributed by atoms with Crippen molar-refractivity contribution >= 4 is 23.1 Å².